The molecule has 0 saturated carbocycles. The molecule has 0 saturated heterocycles. The Morgan fingerprint density at radius 2 is 1.96 bits per heavy atom. The van der Waals surface area contributed by atoms with Crippen LogP contribution in [0.4, 0.5) is 0 Å². The summed E-state index contributed by atoms with van der Waals surface area (Å²) in [5, 5.41) is 12.4. The lowest BCUT2D eigenvalue weighted by Gasteiger charge is -2.33. The Kier molecular flexibility index (Phi) is 5.52. The predicted octanol–water partition coefficient (Wildman–Crippen LogP) is 3.50. The molecule has 1 unspecified atom stereocenters. The molecule has 1 atom stereocenters. The van der Waals surface area contributed by atoms with E-state index in [0.717, 1.165) is 11.0 Å². The molecule has 2 aromatic carbocycles. The van der Waals surface area contributed by atoms with E-state index in [1.54, 1.807) is 25.1 Å². The monoisotopic (exact) mass is 422 g/mol. The smallest absolute Gasteiger partial charge is 0.343 e. The van der Waals surface area contributed by atoms with Crippen molar-refractivity contribution in [3.63, 3.8) is 0 Å². The number of carbonyl (C=O) groups excluding carboxylic acids is 1. The first-order valence-corrected chi connectivity index (χ1v) is 10.5. The third-order valence-corrected chi connectivity index (χ3v) is 6.05. The van der Waals surface area contributed by atoms with Crippen molar-refractivity contribution in [3.8, 4) is 5.75 Å². The van der Waals surface area contributed by atoms with Crippen LogP contribution in [0.2, 0.25) is 5.02 Å². The molecule has 0 radical (unpaired) electrons. The summed E-state index contributed by atoms with van der Waals surface area (Å²) in [6.45, 7) is 3.51. The van der Waals surface area contributed by atoms with Crippen LogP contribution in [0, 0.1) is 6.92 Å². The molecule has 2 aromatic rings. The molecule has 6 nitrogen and oxygen atoms in total. The molecule has 0 spiro atoms. The van der Waals surface area contributed by atoms with Crippen molar-refractivity contribution in [1.82, 2.24) is 0 Å². The van der Waals surface area contributed by atoms with Crippen LogP contribution < -0.4 is 4.74 Å². The van der Waals surface area contributed by atoms with Gasteiger partial charge in [-0.2, -0.15) is 0 Å². The van der Waals surface area contributed by atoms with Crippen molar-refractivity contribution in [2.75, 3.05) is 6.61 Å². The van der Waals surface area contributed by atoms with Crippen molar-refractivity contribution >= 4 is 27.4 Å². The van der Waals surface area contributed by atoms with Gasteiger partial charge in [-0.15, -0.1) is 0 Å². The molecular weight excluding hydrogens is 404 g/mol. The minimum absolute atomic E-state index is 0.0161. The molecular formula is C20H19ClO6S. The van der Waals surface area contributed by atoms with Gasteiger partial charge in [-0.1, -0.05) is 23.2 Å². The molecule has 0 bridgehead atoms. The number of ether oxygens (including phenoxy) is 2. The molecule has 0 aliphatic carbocycles. The van der Waals surface area contributed by atoms with Gasteiger partial charge in [-0.05, 0) is 50.2 Å². The zero-order valence-corrected chi connectivity index (χ0v) is 16.9. The molecule has 3 rings (SSSR count). The number of halogens is 1. The van der Waals surface area contributed by atoms with E-state index >= 15 is 0 Å². The molecule has 0 aromatic heterocycles. The van der Waals surface area contributed by atoms with Gasteiger partial charge in [0.1, 0.15) is 11.5 Å². The van der Waals surface area contributed by atoms with Gasteiger partial charge >= 0.3 is 5.97 Å². The van der Waals surface area contributed by atoms with Crippen molar-refractivity contribution in [2.45, 2.75) is 30.8 Å². The van der Waals surface area contributed by atoms with Gasteiger partial charge in [-0.25, -0.2) is 13.2 Å². The quantitative estimate of drug-likeness (QED) is 0.758. The van der Waals surface area contributed by atoms with Crippen LogP contribution >= 0.6 is 11.6 Å². The lowest BCUT2D eigenvalue weighted by atomic mass is 9.86. The fourth-order valence-corrected chi connectivity index (χ4v) is 4.20. The molecule has 1 heterocycles. The van der Waals surface area contributed by atoms with E-state index in [2.05, 4.69) is 0 Å². The normalized spacial score (nSPS) is 20.4. The second-order valence-electron chi connectivity index (χ2n) is 6.44. The van der Waals surface area contributed by atoms with Crippen molar-refractivity contribution in [3.05, 3.63) is 69.8 Å². The number of fused-ring (bicyclic) bond motifs is 1. The summed E-state index contributed by atoms with van der Waals surface area (Å²) in [6.07, 6.45) is -0.366. The molecule has 1 N–H and O–H groups in total. The van der Waals surface area contributed by atoms with Gasteiger partial charge in [0.05, 0.1) is 23.3 Å². The Morgan fingerprint density at radius 1 is 1.29 bits per heavy atom. The number of rotatable bonds is 4. The minimum Gasteiger partial charge on any atom is -0.464 e. The number of carbonyl (C=O) groups is 1. The van der Waals surface area contributed by atoms with E-state index in [1.165, 1.54) is 24.3 Å². The molecule has 28 heavy (non-hydrogen) atoms. The van der Waals surface area contributed by atoms with E-state index in [0.29, 0.717) is 5.02 Å². The summed E-state index contributed by atoms with van der Waals surface area (Å²) in [6, 6.07) is 10.6. The standard InChI is InChI=1S/C20H19ClO6S/c1-3-26-19(22)20(23)11-15(27-18-9-4-13(2)10-17(18)20)12-28(24,25)16-7-5-14(21)6-8-16/h4-10,12,23H,3,11H2,1-2H3/b15-12-. The number of sulfone groups is 1. The summed E-state index contributed by atoms with van der Waals surface area (Å²) < 4.78 is 36.1. The van der Waals surface area contributed by atoms with Crippen molar-refractivity contribution in [2.24, 2.45) is 0 Å². The summed E-state index contributed by atoms with van der Waals surface area (Å²) in [7, 11) is -3.88. The highest BCUT2D eigenvalue weighted by atomic mass is 35.5. The molecule has 148 valence electrons. The number of hydrogen-bond donors (Lipinski definition) is 1. The first-order valence-electron chi connectivity index (χ1n) is 8.55. The second kappa shape index (κ2) is 7.58. The summed E-state index contributed by atoms with van der Waals surface area (Å²) in [4.78, 5) is 12.5. The van der Waals surface area contributed by atoms with Crippen LogP contribution in [0.1, 0.15) is 24.5 Å². The van der Waals surface area contributed by atoms with Crippen LogP contribution in [0.5, 0.6) is 5.75 Å². The van der Waals surface area contributed by atoms with E-state index in [1.807, 2.05) is 6.92 Å². The predicted molar refractivity (Wildman–Crippen MR) is 104 cm³/mol. The van der Waals surface area contributed by atoms with Crippen molar-refractivity contribution < 1.29 is 27.8 Å². The number of esters is 1. The fraction of sp³-hybridized carbons (Fsp3) is 0.250. The van der Waals surface area contributed by atoms with Gasteiger partial charge in [-0.3, -0.25) is 0 Å². The fourth-order valence-electron chi connectivity index (χ4n) is 2.94. The van der Waals surface area contributed by atoms with Crippen LogP contribution in [0.25, 0.3) is 0 Å². The average Bonchev–Trinajstić information content (AvgIpc) is 2.62. The van der Waals surface area contributed by atoms with E-state index in [9.17, 15) is 18.3 Å². The molecule has 0 fully saturated rings. The Labute approximate surface area is 168 Å². The van der Waals surface area contributed by atoms with Gasteiger partial charge in [0.15, 0.2) is 5.60 Å². The SMILES string of the molecule is CCOC(=O)C1(O)C/C(=C/S(=O)(=O)c2ccc(Cl)cc2)Oc2ccc(C)cc21. The first-order chi connectivity index (χ1) is 13.2. The Hall–Kier alpha value is -2.35. The lowest BCUT2D eigenvalue weighted by molar-refractivity contribution is -0.167. The number of benzene rings is 2. The third-order valence-electron chi connectivity index (χ3n) is 4.29. The number of aryl methyl sites for hydroxylation is 1. The van der Waals surface area contributed by atoms with Gasteiger partial charge in [0.25, 0.3) is 0 Å². The van der Waals surface area contributed by atoms with E-state index in [4.69, 9.17) is 21.1 Å². The highest BCUT2D eigenvalue weighted by molar-refractivity contribution is 7.94. The largest absolute Gasteiger partial charge is 0.464 e. The van der Waals surface area contributed by atoms with Crippen LogP contribution in [-0.4, -0.2) is 26.1 Å². The average molecular weight is 423 g/mol. The zero-order valence-electron chi connectivity index (χ0n) is 15.3. The summed E-state index contributed by atoms with van der Waals surface area (Å²) >= 11 is 5.81. The first kappa shape index (κ1) is 20.4. The van der Waals surface area contributed by atoms with E-state index in [-0.39, 0.29) is 35.0 Å². The van der Waals surface area contributed by atoms with Crippen LogP contribution in [-0.2, 0) is 25.0 Å². The molecule has 1 aliphatic heterocycles. The maximum absolute atomic E-state index is 12.7. The Morgan fingerprint density at radius 3 is 2.61 bits per heavy atom. The van der Waals surface area contributed by atoms with Crippen LogP contribution in [0.15, 0.2) is 58.5 Å². The van der Waals surface area contributed by atoms with Crippen molar-refractivity contribution in [1.29, 1.82) is 0 Å². The maximum atomic E-state index is 12.7. The highest BCUT2D eigenvalue weighted by Gasteiger charge is 2.46. The second-order valence-corrected chi connectivity index (χ2v) is 8.68. The molecule has 8 heteroatoms. The third kappa shape index (κ3) is 3.92. The molecule has 1 aliphatic rings. The number of hydrogen-bond acceptors (Lipinski definition) is 6. The van der Waals surface area contributed by atoms with Gasteiger partial charge in [0, 0.05) is 10.6 Å². The molecule has 0 amide bonds. The van der Waals surface area contributed by atoms with Gasteiger partial charge in [0.2, 0.25) is 9.84 Å². The highest BCUT2D eigenvalue weighted by Crippen LogP contribution is 2.42. The van der Waals surface area contributed by atoms with E-state index < -0.39 is 21.4 Å². The summed E-state index contributed by atoms with van der Waals surface area (Å²) in [5.41, 5.74) is -0.991. The Balaban J connectivity index is 2.07. The zero-order chi connectivity index (χ0) is 20.5. The lowest BCUT2D eigenvalue weighted by Crippen LogP contribution is -2.41. The Bertz CT molecular complexity index is 1040. The minimum atomic E-state index is -3.88. The van der Waals surface area contributed by atoms with Gasteiger partial charge < -0.3 is 14.6 Å². The summed E-state index contributed by atoms with van der Waals surface area (Å²) in [5.74, 6) is -0.730. The number of aliphatic hydroxyl groups is 1. The topological polar surface area (TPSA) is 89.9 Å². The van der Waals surface area contributed by atoms with Crippen LogP contribution in [0.3, 0.4) is 0 Å². The maximum Gasteiger partial charge on any atom is 0.343 e.